The van der Waals surface area contributed by atoms with E-state index in [1.54, 1.807) is 0 Å². The molecule has 1 aromatic carbocycles. The maximum absolute atomic E-state index is 9.82. The van der Waals surface area contributed by atoms with Crippen LogP contribution >= 0.6 is 0 Å². The van der Waals surface area contributed by atoms with E-state index in [4.69, 9.17) is 9.47 Å². The molecule has 1 fully saturated rings. The fraction of sp³-hybridized carbons (Fsp3) is 0.667. The summed E-state index contributed by atoms with van der Waals surface area (Å²) in [5, 5.41) is 13.0. The van der Waals surface area contributed by atoms with Crippen LogP contribution in [-0.2, 0) is 0 Å². The second-order valence-corrected chi connectivity index (χ2v) is 6.40. The molecule has 2 unspecified atom stereocenters. The molecule has 0 saturated heterocycles. The zero-order chi connectivity index (χ0) is 15.9. The molecule has 0 aliphatic heterocycles. The van der Waals surface area contributed by atoms with Crippen molar-refractivity contribution in [2.75, 3.05) is 13.2 Å². The van der Waals surface area contributed by atoms with Crippen LogP contribution in [0.5, 0.6) is 11.5 Å². The van der Waals surface area contributed by atoms with E-state index in [1.165, 1.54) is 12.8 Å². The Morgan fingerprint density at radius 3 is 2.36 bits per heavy atom. The second-order valence-electron chi connectivity index (χ2n) is 6.40. The van der Waals surface area contributed by atoms with E-state index < -0.39 is 6.10 Å². The van der Waals surface area contributed by atoms with Gasteiger partial charge in [-0.15, -0.1) is 0 Å². The first-order valence-corrected chi connectivity index (χ1v) is 8.39. The van der Waals surface area contributed by atoms with Crippen LogP contribution in [0.1, 0.15) is 40.0 Å². The number of hydrogen-bond donors (Lipinski definition) is 2. The van der Waals surface area contributed by atoms with Crippen molar-refractivity contribution in [2.45, 2.75) is 58.3 Å². The van der Waals surface area contributed by atoms with Gasteiger partial charge >= 0.3 is 0 Å². The number of nitrogens with one attached hydrogen (secondary N) is 1. The molecule has 1 aliphatic carbocycles. The molecule has 124 valence electrons. The van der Waals surface area contributed by atoms with Crippen LogP contribution in [0, 0.1) is 5.92 Å². The van der Waals surface area contributed by atoms with Crippen LogP contribution in [0.3, 0.4) is 0 Å². The summed E-state index contributed by atoms with van der Waals surface area (Å²) >= 11 is 0. The van der Waals surface area contributed by atoms with Gasteiger partial charge in [-0.25, -0.2) is 0 Å². The molecule has 2 rings (SSSR count). The van der Waals surface area contributed by atoms with E-state index in [0.717, 1.165) is 23.8 Å². The Bertz CT molecular complexity index is 428. The molecule has 0 bridgehead atoms. The van der Waals surface area contributed by atoms with E-state index in [1.807, 2.05) is 24.3 Å². The Balaban J connectivity index is 1.74. The molecule has 0 heterocycles. The summed E-state index contributed by atoms with van der Waals surface area (Å²) in [4.78, 5) is 0. The zero-order valence-corrected chi connectivity index (χ0v) is 13.9. The van der Waals surface area contributed by atoms with Gasteiger partial charge in [-0.1, -0.05) is 20.8 Å². The number of aliphatic hydroxyl groups is 1. The first-order chi connectivity index (χ1) is 10.6. The molecule has 1 saturated carbocycles. The Morgan fingerprint density at radius 2 is 1.82 bits per heavy atom. The first-order valence-electron chi connectivity index (χ1n) is 8.39. The molecule has 1 aromatic rings. The van der Waals surface area contributed by atoms with Crippen LogP contribution < -0.4 is 14.8 Å². The van der Waals surface area contributed by atoms with Crippen molar-refractivity contribution in [3.05, 3.63) is 24.3 Å². The van der Waals surface area contributed by atoms with Crippen molar-refractivity contribution in [2.24, 2.45) is 5.92 Å². The van der Waals surface area contributed by atoms with Crippen molar-refractivity contribution in [3.8, 4) is 11.5 Å². The fourth-order valence-electron chi connectivity index (χ4n) is 2.39. The van der Waals surface area contributed by atoms with E-state index in [9.17, 15) is 5.11 Å². The standard InChI is InChI=1S/C18H29NO3/c1-4-18(14-5-6-14)22-17-9-7-16(8-10-17)21-12-15(20)11-19-13(2)3/h7-10,13-15,18-20H,4-6,11-12H2,1-3H3. The number of aliphatic hydroxyl groups excluding tert-OH is 1. The van der Waals surface area contributed by atoms with Crippen molar-refractivity contribution in [1.82, 2.24) is 5.32 Å². The zero-order valence-electron chi connectivity index (χ0n) is 13.9. The lowest BCUT2D eigenvalue weighted by atomic mass is 10.2. The Morgan fingerprint density at radius 1 is 1.18 bits per heavy atom. The highest BCUT2D eigenvalue weighted by Crippen LogP contribution is 2.36. The molecule has 0 radical (unpaired) electrons. The predicted molar refractivity (Wildman–Crippen MR) is 88.5 cm³/mol. The Labute approximate surface area is 133 Å². The van der Waals surface area contributed by atoms with Gasteiger partial charge in [0.25, 0.3) is 0 Å². The third-order valence-electron chi connectivity index (χ3n) is 3.87. The summed E-state index contributed by atoms with van der Waals surface area (Å²) in [7, 11) is 0. The molecule has 4 nitrogen and oxygen atoms in total. The maximum atomic E-state index is 9.82. The number of hydrogen-bond acceptors (Lipinski definition) is 4. The van der Waals surface area contributed by atoms with Crippen LogP contribution in [0.2, 0.25) is 0 Å². The molecule has 2 atom stereocenters. The second kappa shape index (κ2) is 8.39. The minimum atomic E-state index is -0.502. The van der Waals surface area contributed by atoms with Crippen molar-refractivity contribution >= 4 is 0 Å². The number of benzene rings is 1. The monoisotopic (exact) mass is 307 g/mol. The predicted octanol–water partition coefficient (Wildman–Crippen LogP) is 2.99. The molecule has 4 heteroatoms. The minimum absolute atomic E-state index is 0.291. The van der Waals surface area contributed by atoms with E-state index >= 15 is 0 Å². The quantitative estimate of drug-likeness (QED) is 0.698. The van der Waals surface area contributed by atoms with Crippen LogP contribution in [-0.4, -0.2) is 36.5 Å². The van der Waals surface area contributed by atoms with Gasteiger partial charge in [0, 0.05) is 12.6 Å². The van der Waals surface area contributed by atoms with Gasteiger partial charge in [-0.3, -0.25) is 0 Å². The molecule has 0 aromatic heterocycles. The number of rotatable bonds is 10. The maximum Gasteiger partial charge on any atom is 0.120 e. The Hall–Kier alpha value is -1.26. The SMILES string of the molecule is CCC(Oc1ccc(OCC(O)CNC(C)C)cc1)C1CC1. The highest BCUT2D eigenvalue weighted by atomic mass is 16.5. The van der Waals surface area contributed by atoms with Gasteiger partial charge in [-0.2, -0.15) is 0 Å². The van der Waals surface area contributed by atoms with Gasteiger partial charge < -0.3 is 19.9 Å². The minimum Gasteiger partial charge on any atom is -0.491 e. The summed E-state index contributed by atoms with van der Waals surface area (Å²) in [5.74, 6) is 2.40. The van der Waals surface area contributed by atoms with E-state index in [2.05, 4.69) is 26.1 Å². The third-order valence-corrected chi connectivity index (χ3v) is 3.87. The lowest BCUT2D eigenvalue weighted by molar-refractivity contribution is 0.104. The molecule has 0 spiro atoms. The summed E-state index contributed by atoms with van der Waals surface area (Å²) in [6, 6.07) is 8.05. The van der Waals surface area contributed by atoms with Crippen LogP contribution in [0.25, 0.3) is 0 Å². The first kappa shape index (κ1) is 17.1. The highest BCUT2D eigenvalue weighted by molar-refractivity contribution is 5.31. The van der Waals surface area contributed by atoms with Gasteiger partial charge in [-0.05, 0) is 49.4 Å². The molecular formula is C18H29NO3. The van der Waals surface area contributed by atoms with Gasteiger partial charge in [0.2, 0.25) is 0 Å². The molecule has 22 heavy (non-hydrogen) atoms. The third kappa shape index (κ3) is 5.85. The largest absolute Gasteiger partial charge is 0.491 e. The molecule has 2 N–H and O–H groups in total. The average molecular weight is 307 g/mol. The fourth-order valence-corrected chi connectivity index (χ4v) is 2.39. The average Bonchev–Trinajstić information content (AvgIpc) is 3.34. The van der Waals surface area contributed by atoms with E-state index in [-0.39, 0.29) is 0 Å². The van der Waals surface area contributed by atoms with Gasteiger partial charge in [0.1, 0.15) is 30.3 Å². The van der Waals surface area contributed by atoms with Crippen molar-refractivity contribution < 1.29 is 14.6 Å². The lowest BCUT2D eigenvalue weighted by Crippen LogP contribution is -2.35. The summed E-state index contributed by atoms with van der Waals surface area (Å²) in [6.07, 6.45) is 3.48. The Kier molecular flexibility index (Phi) is 6.52. The number of ether oxygens (including phenoxy) is 2. The molecular weight excluding hydrogens is 278 g/mol. The lowest BCUT2D eigenvalue weighted by Gasteiger charge is -2.18. The highest BCUT2D eigenvalue weighted by Gasteiger charge is 2.31. The van der Waals surface area contributed by atoms with Crippen molar-refractivity contribution in [3.63, 3.8) is 0 Å². The normalized spacial score (nSPS) is 17.3. The molecule has 0 amide bonds. The van der Waals surface area contributed by atoms with Crippen LogP contribution in [0.15, 0.2) is 24.3 Å². The van der Waals surface area contributed by atoms with Crippen molar-refractivity contribution in [1.29, 1.82) is 0 Å². The van der Waals surface area contributed by atoms with Crippen LogP contribution in [0.4, 0.5) is 0 Å². The van der Waals surface area contributed by atoms with Gasteiger partial charge in [0.05, 0.1) is 0 Å². The summed E-state index contributed by atoms with van der Waals surface area (Å²) in [6.45, 7) is 7.11. The summed E-state index contributed by atoms with van der Waals surface area (Å²) < 4.78 is 11.6. The topological polar surface area (TPSA) is 50.7 Å². The smallest absolute Gasteiger partial charge is 0.120 e. The molecule has 1 aliphatic rings. The van der Waals surface area contributed by atoms with E-state index in [0.29, 0.717) is 25.3 Å². The summed E-state index contributed by atoms with van der Waals surface area (Å²) in [5.41, 5.74) is 0. The van der Waals surface area contributed by atoms with Gasteiger partial charge in [0.15, 0.2) is 0 Å².